The van der Waals surface area contributed by atoms with E-state index in [0.717, 1.165) is 0 Å². The lowest BCUT2D eigenvalue weighted by atomic mass is 9.98. The summed E-state index contributed by atoms with van der Waals surface area (Å²) in [6.45, 7) is 5.26. The van der Waals surface area contributed by atoms with Gasteiger partial charge in [0.1, 0.15) is 18.1 Å². The number of carboxylic acid groups (broad SMARTS) is 2. The zero-order valence-electron chi connectivity index (χ0n) is 18.9. The quantitative estimate of drug-likeness (QED) is 0.139. The van der Waals surface area contributed by atoms with E-state index >= 15 is 0 Å². The maximum Gasteiger partial charge on any atom is 0.326 e. The van der Waals surface area contributed by atoms with E-state index in [4.69, 9.17) is 16.6 Å². The summed E-state index contributed by atoms with van der Waals surface area (Å²) in [5, 5.41) is 25.7. The van der Waals surface area contributed by atoms with Gasteiger partial charge in [-0.05, 0) is 45.1 Å². The van der Waals surface area contributed by atoms with E-state index in [1.807, 2.05) is 0 Å². The number of carboxylic acids is 2. The van der Waals surface area contributed by atoms with Crippen LogP contribution in [0.15, 0.2) is 0 Å². The molecule has 184 valence electrons. The monoisotopic (exact) mass is 459 g/mol. The van der Waals surface area contributed by atoms with E-state index in [9.17, 15) is 29.1 Å². The van der Waals surface area contributed by atoms with Crippen LogP contribution in [-0.4, -0.2) is 70.6 Å². The van der Waals surface area contributed by atoms with Crippen molar-refractivity contribution in [2.24, 2.45) is 17.4 Å². The van der Waals surface area contributed by atoms with Crippen LogP contribution in [-0.2, 0) is 24.0 Å². The molecule has 0 heterocycles. The Labute approximate surface area is 187 Å². The molecule has 0 radical (unpaired) electrons. The molecule has 0 aromatic carbocycles. The number of nitrogens with one attached hydrogen (secondary N) is 3. The highest BCUT2D eigenvalue weighted by Crippen LogP contribution is 2.10. The Bertz CT molecular complexity index is 656. The Hall–Kier alpha value is -2.73. The fourth-order valence-electron chi connectivity index (χ4n) is 2.81. The molecule has 9 N–H and O–H groups in total. The molecule has 0 rings (SSSR count). The molecule has 0 aromatic rings. The predicted molar refractivity (Wildman–Crippen MR) is 116 cm³/mol. The van der Waals surface area contributed by atoms with Gasteiger partial charge in [0.2, 0.25) is 17.7 Å². The molecule has 12 nitrogen and oxygen atoms in total. The van der Waals surface area contributed by atoms with Crippen molar-refractivity contribution < 1.29 is 34.2 Å². The van der Waals surface area contributed by atoms with Gasteiger partial charge in [0, 0.05) is 6.42 Å². The number of rotatable bonds is 16. The fourth-order valence-corrected chi connectivity index (χ4v) is 2.81. The van der Waals surface area contributed by atoms with E-state index in [1.54, 1.807) is 13.8 Å². The van der Waals surface area contributed by atoms with Gasteiger partial charge in [-0.3, -0.25) is 19.2 Å². The van der Waals surface area contributed by atoms with Crippen molar-refractivity contribution in [2.45, 2.75) is 83.5 Å². The highest BCUT2D eigenvalue weighted by atomic mass is 16.4. The van der Waals surface area contributed by atoms with Crippen LogP contribution in [0.4, 0.5) is 0 Å². The second kappa shape index (κ2) is 15.1. The molecule has 0 bridgehead atoms. The van der Waals surface area contributed by atoms with E-state index in [1.165, 1.54) is 6.92 Å². The van der Waals surface area contributed by atoms with E-state index in [0.29, 0.717) is 25.8 Å². The Kier molecular flexibility index (Phi) is 13.8. The zero-order valence-corrected chi connectivity index (χ0v) is 18.9. The van der Waals surface area contributed by atoms with Crippen LogP contribution in [0.2, 0.25) is 0 Å². The minimum absolute atomic E-state index is 0.189. The minimum Gasteiger partial charge on any atom is -0.481 e. The Morgan fingerprint density at radius 3 is 1.84 bits per heavy atom. The number of unbranched alkanes of at least 4 members (excludes halogenated alkanes) is 1. The molecule has 32 heavy (non-hydrogen) atoms. The number of carbonyl (C=O) groups is 5. The average Bonchev–Trinajstić information content (AvgIpc) is 2.72. The van der Waals surface area contributed by atoms with Crippen molar-refractivity contribution >= 4 is 29.7 Å². The summed E-state index contributed by atoms with van der Waals surface area (Å²) in [6, 6.07) is -4.37. The molecule has 5 atom stereocenters. The first kappa shape index (κ1) is 29.3. The van der Waals surface area contributed by atoms with Gasteiger partial charge < -0.3 is 37.6 Å². The van der Waals surface area contributed by atoms with Crippen LogP contribution < -0.4 is 27.4 Å². The summed E-state index contributed by atoms with van der Waals surface area (Å²) in [6.07, 6.45) is 1.17. The normalized spacial score (nSPS) is 15.5. The first-order valence-electron chi connectivity index (χ1n) is 10.8. The van der Waals surface area contributed by atoms with Gasteiger partial charge in [0.15, 0.2) is 0 Å². The van der Waals surface area contributed by atoms with Crippen molar-refractivity contribution in [3.63, 3.8) is 0 Å². The fraction of sp³-hybridized carbons (Fsp3) is 0.750. The highest BCUT2D eigenvalue weighted by Gasteiger charge is 2.31. The lowest BCUT2D eigenvalue weighted by Crippen LogP contribution is -2.57. The summed E-state index contributed by atoms with van der Waals surface area (Å²) in [5.41, 5.74) is 11.0. The third kappa shape index (κ3) is 11.0. The van der Waals surface area contributed by atoms with Gasteiger partial charge in [-0.25, -0.2) is 4.79 Å². The molecule has 0 spiro atoms. The Morgan fingerprint density at radius 1 is 0.844 bits per heavy atom. The van der Waals surface area contributed by atoms with Gasteiger partial charge in [-0.1, -0.05) is 20.3 Å². The van der Waals surface area contributed by atoms with Crippen LogP contribution in [0.3, 0.4) is 0 Å². The highest BCUT2D eigenvalue weighted by molar-refractivity contribution is 5.94. The zero-order chi connectivity index (χ0) is 24.8. The summed E-state index contributed by atoms with van der Waals surface area (Å²) in [7, 11) is 0. The number of nitrogens with two attached hydrogens (primary N) is 2. The van der Waals surface area contributed by atoms with E-state index in [-0.39, 0.29) is 18.8 Å². The van der Waals surface area contributed by atoms with Crippen molar-refractivity contribution in [1.82, 2.24) is 16.0 Å². The summed E-state index contributed by atoms with van der Waals surface area (Å²) in [5.74, 6) is -4.79. The lowest BCUT2D eigenvalue weighted by molar-refractivity contribution is -0.144. The second-order valence-electron chi connectivity index (χ2n) is 7.84. The van der Waals surface area contributed by atoms with Crippen LogP contribution in [0.25, 0.3) is 0 Å². The molecule has 0 saturated heterocycles. The molecule has 12 heteroatoms. The Morgan fingerprint density at radius 2 is 1.38 bits per heavy atom. The van der Waals surface area contributed by atoms with E-state index in [2.05, 4.69) is 16.0 Å². The molecular formula is C20H37N5O7. The minimum atomic E-state index is -1.22. The lowest BCUT2D eigenvalue weighted by Gasteiger charge is -2.26. The number of hydrogen-bond acceptors (Lipinski definition) is 7. The standard InChI is InChI=1S/C20H37N5O7/c1-4-11(2)16(20(31)32)25-19(30)13(7-5-6-10-21)24-18(29)14(8-9-15(26)27)23-17(28)12(3)22/h11-14,16H,4-10,21-22H2,1-3H3,(H,23,28)(H,24,29)(H,25,30)(H,26,27)(H,31,32). The van der Waals surface area contributed by atoms with Gasteiger partial charge in [-0.2, -0.15) is 0 Å². The smallest absolute Gasteiger partial charge is 0.326 e. The van der Waals surface area contributed by atoms with Crippen LogP contribution >= 0.6 is 0 Å². The van der Waals surface area contributed by atoms with Crippen molar-refractivity contribution in [3.05, 3.63) is 0 Å². The SMILES string of the molecule is CCC(C)C(NC(=O)C(CCCCN)NC(=O)C(CCC(=O)O)NC(=O)C(C)N)C(=O)O. The molecule has 0 fully saturated rings. The first-order valence-corrected chi connectivity index (χ1v) is 10.8. The molecule has 3 amide bonds. The predicted octanol–water partition coefficient (Wildman–Crippen LogP) is -1.09. The van der Waals surface area contributed by atoms with Gasteiger partial charge in [0.25, 0.3) is 0 Å². The summed E-state index contributed by atoms with van der Waals surface area (Å²) >= 11 is 0. The van der Waals surface area contributed by atoms with Gasteiger partial charge in [0.05, 0.1) is 6.04 Å². The molecule has 0 aliphatic carbocycles. The molecule has 0 aliphatic heterocycles. The van der Waals surface area contributed by atoms with Gasteiger partial charge in [-0.15, -0.1) is 0 Å². The van der Waals surface area contributed by atoms with Crippen LogP contribution in [0.1, 0.15) is 59.3 Å². The van der Waals surface area contributed by atoms with Crippen molar-refractivity contribution in [1.29, 1.82) is 0 Å². The third-order valence-electron chi connectivity index (χ3n) is 5.05. The van der Waals surface area contributed by atoms with Crippen molar-refractivity contribution in [2.75, 3.05) is 6.54 Å². The first-order chi connectivity index (χ1) is 14.9. The second-order valence-corrected chi connectivity index (χ2v) is 7.84. The third-order valence-corrected chi connectivity index (χ3v) is 5.05. The maximum atomic E-state index is 12.8. The summed E-state index contributed by atoms with van der Waals surface area (Å²) in [4.78, 5) is 60.0. The molecule has 5 unspecified atom stereocenters. The van der Waals surface area contributed by atoms with Crippen LogP contribution in [0, 0.1) is 5.92 Å². The molecule has 0 saturated carbocycles. The number of carbonyl (C=O) groups excluding carboxylic acids is 3. The number of aliphatic carboxylic acids is 2. The van der Waals surface area contributed by atoms with E-state index < -0.39 is 60.2 Å². The van der Waals surface area contributed by atoms with Crippen molar-refractivity contribution in [3.8, 4) is 0 Å². The average molecular weight is 460 g/mol. The Balaban J connectivity index is 5.52. The van der Waals surface area contributed by atoms with Gasteiger partial charge >= 0.3 is 11.9 Å². The number of amides is 3. The number of hydrogen-bond donors (Lipinski definition) is 7. The maximum absolute atomic E-state index is 12.8. The molecular weight excluding hydrogens is 422 g/mol. The molecule has 0 aliphatic rings. The van der Waals surface area contributed by atoms with Crippen LogP contribution in [0.5, 0.6) is 0 Å². The molecule has 0 aromatic heterocycles. The largest absolute Gasteiger partial charge is 0.481 e. The summed E-state index contributed by atoms with van der Waals surface area (Å²) < 4.78 is 0. The topological polar surface area (TPSA) is 214 Å².